The fourth-order valence-corrected chi connectivity index (χ4v) is 3.51. The Morgan fingerprint density at radius 3 is 2.40 bits per heavy atom. The number of rotatable bonds is 3. The number of nitrogens with zero attached hydrogens (tertiary/aromatic N) is 1. The predicted molar refractivity (Wildman–Crippen MR) is 77.6 cm³/mol. The van der Waals surface area contributed by atoms with Crippen LogP contribution < -0.4 is 5.32 Å². The highest BCUT2D eigenvalue weighted by Gasteiger charge is 2.34. The van der Waals surface area contributed by atoms with Crippen molar-refractivity contribution >= 4 is 6.03 Å². The van der Waals surface area contributed by atoms with E-state index in [2.05, 4.69) is 5.32 Å². The zero-order valence-electron chi connectivity index (χ0n) is 12.9. The van der Waals surface area contributed by atoms with Gasteiger partial charge in [-0.15, -0.1) is 0 Å². The smallest absolute Gasteiger partial charge is 0.317 e. The van der Waals surface area contributed by atoms with Crippen LogP contribution in [0.25, 0.3) is 0 Å². The Bertz CT molecular complexity index is 332. The number of aliphatic hydroxyl groups is 1. The Morgan fingerprint density at radius 1 is 1.30 bits per heavy atom. The van der Waals surface area contributed by atoms with E-state index in [9.17, 15) is 9.90 Å². The number of amides is 2. The van der Waals surface area contributed by atoms with Crippen LogP contribution in [-0.4, -0.2) is 53.5 Å². The molecule has 2 amide bonds. The van der Waals surface area contributed by atoms with Gasteiger partial charge in [-0.25, -0.2) is 4.79 Å². The number of carbonyl (C=O) groups excluding carboxylic acids is 1. The van der Waals surface area contributed by atoms with E-state index in [-0.39, 0.29) is 24.3 Å². The molecular formula is C15H28N2O3. The number of urea groups is 1. The van der Waals surface area contributed by atoms with Gasteiger partial charge in [-0.1, -0.05) is 12.8 Å². The molecule has 2 atom stereocenters. The van der Waals surface area contributed by atoms with Gasteiger partial charge >= 0.3 is 6.03 Å². The molecule has 1 aliphatic carbocycles. The first-order valence-corrected chi connectivity index (χ1v) is 7.77. The molecule has 2 N–H and O–H groups in total. The van der Waals surface area contributed by atoms with E-state index in [4.69, 9.17) is 4.74 Å². The zero-order chi connectivity index (χ0) is 14.8. The molecule has 2 unspecified atom stereocenters. The fraction of sp³-hybridized carbons (Fsp3) is 0.933. The monoisotopic (exact) mass is 284 g/mol. The molecule has 2 rings (SSSR count). The number of nitrogens with one attached hydrogen (secondary N) is 1. The lowest BCUT2D eigenvalue weighted by atomic mass is 10.00. The second-order valence-electron chi connectivity index (χ2n) is 6.66. The summed E-state index contributed by atoms with van der Waals surface area (Å²) in [5.74, 6) is 0. The predicted octanol–water partition coefficient (Wildman–Crippen LogP) is 1.89. The quantitative estimate of drug-likeness (QED) is 0.832. The Hall–Kier alpha value is -0.810. The lowest BCUT2D eigenvalue weighted by molar-refractivity contribution is -0.0411. The van der Waals surface area contributed by atoms with Gasteiger partial charge in [0.15, 0.2) is 0 Å². The van der Waals surface area contributed by atoms with Crippen molar-refractivity contribution in [1.82, 2.24) is 10.2 Å². The summed E-state index contributed by atoms with van der Waals surface area (Å²) in [6.45, 7) is 4.51. The van der Waals surface area contributed by atoms with Crippen LogP contribution in [0.5, 0.6) is 0 Å². The highest BCUT2D eigenvalue weighted by molar-refractivity contribution is 5.74. The van der Waals surface area contributed by atoms with Gasteiger partial charge < -0.3 is 20.1 Å². The Balaban J connectivity index is 1.81. The average Bonchev–Trinajstić information content (AvgIpc) is 2.74. The molecule has 1 heterocycles. The van der Waals surface area contributed by atoms with E-state index in [1.54, 1.807) is 11.9 Å². The SMILES string of the molecule is CC1CC(NC(=O)N(C)CC2(O)CCCC2)CC(C)O1. The molecule has 5 heteroatoms. The molecule has 0 aromatic carbocycles. The van der Waals surface area contributed by atoms with Crippen molar-refractivity contribution in [1.29, 1.82) is 0 Å². The van der Waals surface area contributed by atoms with E-state index in [1.807, 2.05) is 13.8 Å². The van der Waals surface area contributed by atoms with Gasteiger partial charge in [-0.2, -0.15) is 0 Å². The van der Waals surface area contributed by atoms with Gasteiger partial charge in [0.1, 0.15) is 0 Å². The topological polar surface area (TPSA) is 61.8 Å². The summed E-state index contributed by atoms with van der Waals surface area (Å²) in [6.07, 6.45) is 5.80. The van der Waals surface area contributed by atoms with Crippen LogP contribution in [0.15, 0.2) is 0 Å². The van der Waals surface area contributed by atoms with Crippen LogP contribution in [-0.2, 0) is 4.74 Å². The van der Waals surface area contributed by atoms with Crippen molar-refractivity contribution in [2.45, 2.75) is 76.2 Å². The van der Waals surface area contributed by atoms with Crippen LogP contribution in [0.3, 0.4) is 0 Å². The van der Waals surface area contributed by atoms with Crippen LogP contribution in [0.1, 0.15) is 52.4 Å². The zero-order valence-corrected chi connectivity index (χ0v) is 12.9. The lowest BCUT2D eigenvalue weighted by Gasteiger charge is -2.34. The highest BCUT2D eigenvalue weighted by Crippen LogP contribution is 2.30. The standard InChI is InChI=1S/C15H28N2O3/c1-11-8-13(9-12(2)20-11)16-14(18)17(3)10-15(19)6-4-5-7-15/h11-13,19H,4-10H2,1-3H3,(H,16,18). The van der Waals surface area contributed by atoms with Crippen LogP contribution in [0.4, 0.5) is 4.79 Å². The molecule has 0 spiro atoms. The minimum atomic E-state index is -0.678. The fourth-order valence-electron chi connectivity index (χ4n) is 3.51. The molecule has 116 valence electrons. The van der Waals surface area contributed by atoms with Crippen LogP contribution >= 0.6 is 0 Å². The van der Waals surface area contributed by atoms with Crippen molar-refractivity contribution in [3.63, 3.8) is 0 Å². The van der Waals surface area contributed by atoms with Gasteiger partial charge in [0, 0.05) is 13.1 Å². The molecule has 0 bridgehead atoms. The first-order chi connectivity index (χ1) is 9.38. The number of hydrogen-bond acceptors (Lipinski definition) is 3. The van der Waals surface area contributed by atoms with Gasteiger partial charge in [-0.05, 0) is 39.5 Å². The third-order valence-corrected chi connectivity index (χ3v) is 4.44. The maximum absolute atomic E-state index is 12.2. The van der Waals surface area contributed by atoms with Crippen molar-refractivity contribution in [2.75, 3.05) is 13.6 Å². The third-order valence-electron chi connectivity index (χ3n) is 4.44. The van der Waals surface area contributed by atoms with Crippen LogP contribution in [0.2, 0.25) is 0 Å². The summed E-state index contributed by atoms with van der Waals surface area (Å²) in [7, 11) is 1.76. The number of carbonyl (C=O) groups is 1. The highest BCUT2D eigenvalue weighted by atomic mass is 16.5. The molecule has 1 saturated carbocycles. The molecule has 1 saturated heterocycles. The molecule has 1 aliphatic heterocycles. The largest absolute Gasteiger partial charge is 0.388 e. The molecule has 0 aromatic heterocycles. The van der Waals surface area contributed by atoms with E-state index >= 15 is 0 Å². The second-order valence-corrected chi connectivity index (χ2v) is 6.66. The normalized spacial score (nSPS) is 32.9. The Labute approximate surface area is 121 Å². The van der Waals surface area contributed by atoms with Gasteiger partial charge in [0.25, 0.3) is 0 Å². The summed E-state index contributed by atoms with van der Waals surface area (Å²) in [5, 5.41) is 13.4. The summed E-state index contributed by atoms with van der Waals surface area (Å²) in [4.78, 5) is 13.8. The summed E-state index contributed by atoms with van der Waals surface area (Å²) < 4.78 is 5.68. The summed E-state index contributed by atoms with van der Waals surface area (Å²) in [6, 6.07) is 0.0820. The van der Waals surface area contributed by atoms with Crippen molar-refractivity contribution < 1.29 is 14.6 Å². The number of ether oxygens (including phenoxy) is 1. The van der Waals surface area contributed by atoms with Crippen molar-refractivity contribution in [3.05, 3.63) is 0 Å². The maximum atomic E-state index is 12.2. The maximum Gasteiger partial charge on any atom is 0.317 e. The molecule has 2 fully saturated rings. The number of likely N-dealkylation sites (N-methyl/N-ethyl adjacent to an activating group) is 1. The van der Waals surface area contributed by atoms with E-state index in [1.165, 1.54) is 0 Å². The Morgan fingerprint density at radius 2 is 1.85 bits per heavy atom. The summed E-state index contributed by atoms with van der Waals surface area (Å²) in [5.41, 5.74) is -0.678. The van der Waals surface area contributed by atoms with Gasteiger partial charge in [-0.3, -0.25) is 0 Å². The first kappa shape index (κ1) is 15.6. The number of hydrogen-bond donors (Lipinski definition) is 2. The Kier molecular flexibility index (Phi) is 4.91. The molecular weight excluding hydrogens is 256 g/mol. The molecule has 0 aromatic rings. The lowest BCUT2D eigenvalue weighted by Crippen LogP contribution is -2.51. The van der Waals surface area contributed by atoms with Crippen molar-refractivity contribution in [2.24, 2.45) is 0 Å². The summed E-state index contributed by atoms with van der Waals surface area (Å²) >= 11 is 0. The van der Waals surface area contributed by atoms with Gasteiger partial charge in [0.05, 0.1) is 24.4 Å². The van der Waals surface area contributed by atoms with Crippen molar-refractivity contribution in [3.8, 4) is 0 Å². The van der Waals surface area contributed by atoms with E-state index in [0.29, 0.717) is 6.54 Å². The third kappa shape index (κ3) is 4.09. The van der Waals surface area contributed by atoms with Crippen LogP contribution in [0, 0.1) is 0 Å². The first-order valence-electron chi connectivity index (χ1n) is 7.77. The average molecular weight is 284 g/mol. The minimum absolute atomic E-state index is 0.0865. The minimum Gasteiger partial charge on any atom is -0.388 e. The molecule has 2 aliphatic rings. The molecule has 20 heavy (non-hydrogen) atoms. The van der Waals surface area contributed by atoms with Gasteiger partial charge in [0.2, 0.25) is 0 Å². The van der Waals surface area contributed by atoms with E-state index in [0.717, 1.165) is 38.5 Å². The molecule has 0 radical (unpaired) electrons. The van der Waals surface area contributed by atoms with E-state index < -0.39 is 5.60 Å². The second kappa shape index (κ2) is 6.31. The molecule has 5 nitrogen and oxygen atoms in total.